The average Bonchev–Trinajstić information content (AvgIpc) is 3.12. The van der Waals surface area contributed by atoms with E-state index in [-0.39, 0.29) is 45.0 Å². The molecule has 1 N–H and O–H groups in total. The predicted molar refractivity (Wildman–Crippen MR) is 140 cm³/mol. The van der Waals surface area contributed by atoms with Crippen molar-refractivity contribution < 1.29 is 27.2 Å². The van der Waals surface area contributed by atoms with Gasteiger partial charge in [-0.15, -0.1) is 0 Å². The van der Waals surface area contributed by atoms with Crippen LogP contribution in [-0.4, -0.2) is 60.9 Å². The van der Waals surface area contributed by atoms with Crippen LogP contribution in [0.3, 0.4) is 0 Å². The SMILES string of the molecule is CC1CCCN(S(=O)(=O)c2cc(C(=O)NCCN3C(=O)S/C(=C\c4ccccc4F)C3=O)ccc2Cl)C1. The number of amides is 3. The number of hydrogen-bond acceptors (Lipinski definition) is 6. The number of carbonyl (C=O) groups excluding carboxylic acids is 3. The Morgan fingerprint density at radius 1 is 1.24 bits per heavy atom. The third-order valence-corrected chi connectivity index (χ3v) is 9.37. The van der Waals surface area contributed by atoms with Crippen molar-refractivity contribution in [3.63, 3.8) is 0 Å². The normalized spacial score (nSPS) is 20.0. The van der Waals surface area contributed by atoms with Crippen LogP contribution >= 0.6 is 23.4 Å². The zero-order valence-electron chi connectivity index (χ0n) is 19.9. The van der Waals surface area contributed by atoms with Crippen LogP contribution in [0.4, 0.5) is 9.18 Å². The molecular formula is C25H25ClFN3O5S2. The number of imide groups is 1. The van der Waals surface area contributed by atoms with E-state index in [9.17, 15) is 27.2 Å². The van der Waals surface area contributed by atoms with Crippen LogP contribution in [0.1, 0.15) is 35.7 Å². The van der Waals surface area contributed by atoms with E-state index in [4.69, 9.17) is 11.6 Å². The van der Waals surface area contributed by atoms with E-state index in [0.717, 1.165) is 17.7 Å². The number of hydrogen-bond donors (Lipinski definition) is 1. The molecule has 2 aliphatic rings. The van der Waals surface area contributed by atoms with Gasteiger partial charge in [-0.3, -0.25) is 19.3 Å². The van der Waals surface area contributed by atoms with E-state index in [1.165, 1.54) is 46.8 Å². The number of benzene rings is 2. The fourth-order valence-electron chi connectivity index (χ4n) is 4.16. The lowest BCUT2D eigenvalue weighted by Crippen LogP contribution is -2.39. The van der Waals surface area contributed by atoms with Gasteiger partial charge in [-0.25, -0.2) is 12.8 Å². The molecule has 1 atom stereocenters. The largest absolute Gasteiger partial charge is 0.350 e. The second kappa shape index (κ2) is 11.3. The Labute approximate surface area is 223 Å². The molecule has 1 unspecified atom stereocenters. The van der Waals surface area contributed by atoms with E-state index in [2.05, 4.69) is 5.32 Å². The summed E-state index contributed by atoms with van der Waals surface area (Å²) in [6, 6.07) is 9.91. The first-order valence-electron chi connectivity index (χ1n) is 11.7. The highest BCUT2D eigenvalue weighted by Gasteiger charge is 2.35. The Kier molecular flexibility index (Phi) is 8.37. The van der Waals surface area contributed by atoms with Crippen molar-refractivity contribution in [1.82, 2.24) is 14.5 Å². The van der Waals surface area contributed by atoms with Crippen LogP contribution in [0.15, 0.2) is 52.3 Å². The summed E-state index contributed by atoms with van der Waals surface area (Å²) in [6.07, 6.45) is 3.02. The van der Waals surface area contributed by atoms with Gasteiger partial charge in [-0.1, -0.05) is 36.7 Å². The monoisotopic (exact) mass is 565 g/mol. The Morgan fingerprint density at radius 3 is 2.73 bits per heavy atom. The van der Waals surface area contributed by atoms with Gasteiger partial charge in [0.15, 0.2) is 0 Å². The molecule has 3 amide bonds. The third kappa shape index (κ3) is 6.06. The van der Waals surface area contributed by atoms with Gasteiger partial charge >= 0.3 is 0 Å². The summed E-state index contributed by atoms with van der Waals surface area (Å²) >= 11 is 6.89. The Morgan fingerprint density at radius 2 is 2.00 bits per heavy atom. The quantitative estimate of drug-likeness (QED) is 0.500. The van der Waals surface area contributed by atoms with Crippen molar-refractivity contribution in [2.24, 2.45) is 5.92 Å². The molecule has 2 aromatic rings. The maximum Gasteiger partial charge on any atom is 0.293 e. The van der Waals surface area contributed by atoms with Crippen LogP contribution in [-0.2, 0) is 14.8 Å². The molecule has 2 aliphatic heterocycles. The summed E-state index contributed by atoms with van der Waals surface area (Å²) < 4.78 is 41.6. The van der Waals surface area contributed by atoms with Crippen LogP contribution in [0.25, 0.3) is 6.08 Å². The van der Waals surface area contributed by atoms with Gasteiger partial charge < -0.3 is 5.32 Å². The molecule has 0 saturated carbocycles. The predicted octanol–water partition coefficient (Wildman–Crippen LogP) is 4.37. The van der Waals surface area contributed by atoms with Crippen LogP contribution in [0.5, 0.6) is 0 Å². The highest BCUT2D eigenvalue weighted by atomic mass is 35.5. The molecule has 0 aliphatic carbocycles. The fraction of sp³-hybridized carbons (Fsp3) is 0.320. The molecule has 0 bridgehead atoms. The molecule has 2 saturated heterocycles. The smallest absolute Gasteiger partial charge is 0.293 e. The zero-order chi connectivity index (χ0) is 26.7. The Balaban J connectivity index is 1.40. The molecule has 0 radical (unpaired) electrons. The van der Waals surface area contributed by atoms with E-state index < -0.39 is 32.9 Å². The maximum atomic E-state index is 13.9. The van der Waals surface area contributed by atoms with Crippen LogP contribution < -0.4 is 5.32 Å². The lowest BCUT2D eigenvalue weighted by molar-refractivity contribution is -0.122. The molecular weight excluding hydrogens is 541 g/mol. The van der Waals surface area contributed by atoms with Crippen molar-refractivity contribution >= 4 is 56.5 Å². The molecule has 0 aromatic heterocycles. The lowest BCUT2D eigenvalue weighted by atomic mass is 10.0. The van der Waals surface area contributed by atoms with Crippen molar-refractivity contribution in [2.75, 3.05) is 26.2 Å². The molecule has 4 rings (SSSR count). The minimum Gasteiger partial charge on any atom is -0.350 e. The highest BCUT2D eigenvalue weighted by Crippen LogP contribution is 2.32. The molecule has 2 heterocycles. The van der Waals surface area contributed by atoms with Crippen LogP contribution in [0.2, 0.25) is 5.02 Å². The number of nitrogens with zero attached hydrogens (tertiary/aromatic N) is 2. The summed E-state index contributed by atoms with van der Waals surface area (Å²) in [7, 11) is -3.88. The molecule has 0 spiro atoms. The molecule has 196 valence electrons. The highest BCUT2D eigenvalue weighted by molar-refractivity contribution is 8.18. The van der Waals surface area contributed by atoms with Crippen LogP contribution in [0, 0.1) is 11.7 Å². The number of nitrogens with one attached hydrogen (secondary N) is 1. The number of thioether (sulfide) groups is 1. The molecule has 2 aromatic carbocycles. The van der Waals surface area contributed by atoms with Gasteiger partial charge in [0.1, 0.15) is 10.7 Å². The lowest BCUT2D eigenvalue weighted by Gasteiger charge is -2.30. The maximum absolute atomic E-state index is 13.9. The van der Waals surface area contributed by atoms with Crippen molar-refractivity contribution in [3.05, 3.63) is 69.3 Å². The topological polar surface area (TPSA) is 104 Å². The molecule has 2 fully saturated rings. The number of carbonyl (C=O) groups is 3. The van der Waals surface area contributed by atoms with Crippen molar-refractivity contribution in [3.8, 4) is 0 Å². The van der Waals surface area contributed by atoms with Gasteiger partial charge in [-0.2, -0.15) is 4.31 Å². The zero-order valence-corrected chi connectivity index (χ0v) is 22.3. The number of rotatable bonds is 7. The first-order chi connectivity index (χ1) is 17.6. The van der Waals surface area contributed by atoms with Gasteiger partial charge in [0.2, 0.25) is 10.0 Å². The fourth-order valence-corrected chi connectivity index (χ4v) is 7.11. The van der Waals surface area contributed by atoms with Gasteiger partial charge in [-0.05, 0) is 60.9 Å². The Hall–Kier alpha value is -2.73. The van der Waals surface area contributed by atoms with E-state index in [0.29, 0.717) is 24.9 Å². The van der Waals surface area contributed by atoms with Crippen molar-refractivity contribution in [2.45, 2.75) is 24.7 Å². The van der Waals surface area contributed by atoms with Crippen molar-refractivity contribution in [1.29, 1.82) is 0 Å². The summed E-state index contributed by atoms with van der Waals surface area (Å²) in [5.74, 6) is -1.44. The first kappa shape index (κ1) is 27.3. The molecule has 8 nitrogen and oxygen atoms in total. The Bertz CT molecular complexity index is 1380. The minimum absolute atomic E-state index is 0.0224. The van der Waals surface area contributed by atoms with E-state index >= 15 is 0 Å². The molecule has 37 heavy (non-hydrogen) atoms. The minimum atomic E-state index is -3.88. The molecule has 12 heteroatoms. The second-order valence-corrected chi connectivity index (χ2v) is 12.2. The number of piperidine rings is 1. The van der Waals surface area contributed by atoms with Gasteiger partial charge in [0, 0.05) is 37.3 Å². The van der Waals surface area contributed by atoms with E-state index in [1.807, 2.05) is 6.92 Å². The average molecular weight is 566 g/mol. The number of sulfonamides is 1. The third-order valence-electron chi connectivity index (χ3n) is 6.12. The number of halogens is 2. The van der Waals surface area contributed by atoms with Gasteiger partial charge in [0.25, 0.3) is 17.1 Å². The second-order valence-electron chi connectivity index (χ2n) is 8.87. The summed E-state index contributed by atoms with van der Waals surface area (Å²) in [5, 5.41) is 2.09. The standard InChI is InChI=1S/C25H25ClFN3O5S2/c1-16-5-4-11-29(15-16)37(34,35)22-14-18(8-9-19(22)26)23(31)28-10-12-30-24(32)21(36-25(30)33)13-17-6-2-3-7-20(17)27/h2-3,6-9,13-14,16H,4-5,10-12,15H2,1H3,(H,28,31)/b21-13-. The van der Waals surface area contributed by atoms with E-state index in [1.54, 1.807) is 6.07 Å². The summed E-state index contributed by atoms with van der Waals surface area (Å²) in [6.45, 7) is 2.61. The summed E-state index contributed by atoms with van der Waals surface area (Å²) in [4.78, 5) is 38.6. The first-order valence-corrected chi connectivity index (χ1v) is 14.3. The van der Waals surface area contributed by atoms with Gasteiger partial charge in [0.05, 0.1) is 9.93 Å². The summed E-state index contributed by atoms with van der Waals surface area (Å²) in [5.41, 5.74) is 0.274.